The molecular formula is C24H26N2OSi. The van der Waals surface area contributed by atoms with Crippen LogP contribution in [0.1, 0.15) is 23.6 Å². The van der Waals surface area contributed by atoms with E-state index in [4.69, 9.17) is 5.73 Å². The minimum absolute atomic E-state index is 0.0487. The maximum absolute atomic E-state index is 11.6. The Bertz CT molecular complexity index is 1080. The van der Waals surface area contributed by atoms with Gasteiger partial charge >= 0.3 is 0 Å². The van der Waals surface area contributed by atoms with Gasteiger partial charge in [-0.25, -0.2) is 0 Å². The number of amides is 1. The average molecular weight is 387 g/mol. The first-order valence-electron chi connectivity index (χ1n) is 9.68. The molecule has 0 bridgehead atoms. The number of nitrogens with one attached hydrogen (secondary N) is 1. The topological polar surface area (TPSA) is 55.1 Å². The van der Waals surface area contributed by atoms with Crippen molar-refractivity contribution in [2.24, 2.45) is 5.73 Å². The van der Waals surface area contributed by atoms with Crippen molar-refractivity contribution < 1.29 is 4.79 Å². The third kappa shape index (κ3) is 2.99. The van der Waals surface area contributed by atoms with Gasteiger partial charge < -0.3 is 11.1 Å². The van der Waals surface area contributed by atoms with E-state index < -0.39 is 8.07 Å². The molecule has 3 N–H and O–H groups in total. The van der Waals surface area contributed by atoms with Gasteiger partial charge in [0.1, 0.15) is 8.07 Å². The molecule has 0 saturated carbocycles. The van der Waals surface area contributed by atoms with E-state index in [9.17, 15) is 4.79 Å². The highest BCUT2D eigenvalue weighted by molar-refractivity contribution is 6.97. The fourth-order valence-electron chi connectivity index (χ4n) is 4.39. The summed E-state index contributed by atoms with van der Waals surface area (Å²) in [6.45, 7) is 8.45. The first kappa shape index (κ1) is 18.7. The SMILES string of the molecule is CC(=O)Nc1ccc2c(c1)[Si](C)(C)C1=CC(N)C=CC1=C2c1ccccc1C. The van der Waals surface area contributed by atoms with Crippen LogP contribution in [0.15, 0.2) is 71.5 Å². The van der Waals surface area contributed by atoms with Crippen molar-refractivity contribution >= 4 is 30.4 Å². The number of rotatable bonds is 2. The molecule has 0 aromatic heterocycles. The molecule has 4 heteroatoms. The Labute approximate surface area is 167 Å². The average Bonchev–Trinajstić information content (AvgIpc) is 2.64. The molecule has 1 aliphatic carbocycles. The summed E-state index contributed by atoms with van der Waals surface area (Å²) in [4.78, 5) is 11.6. The Balaban J connectivity index is 2.05. The maximum atomic E-state index is 11.6. The van der Waals surface area contributed by atoms with Gasteiger partial charge in [0.25, 0.3) is 0 Å². The second-order valence-corrected chi connectivity index (χ2v) is 12.5. The van der Waals surface area contributed by atoms with E-state index in [1.807, 2.05) is 6.07 Å². The summed E-state index contributed by atoms with van der Waals surface area (Å²) in [5, 5.41) is 5.67. The number of anilines is 1. The molecule has 1 heterocycles. The van der Waals surface area contributed by atoms with Gasteiger partial charge in [0.2, 0.25) is 5.91 Å². The fraction of sp³-hybridized carbons (Fsp3) is 0.208. The summed E-state index contributed by atoms with van der Waals surface area (Å²) < 4.78 is 0. The summed E-state index contributed by atoms with van der Waals surface area (Å²) in [7, 11) is -1.97. The molecule has 0 spiro atoms. The third-order valence-electron chi connectivity index (χ3n) is 5.77. The number of fused-ring (bicyclic) bond motifs is 2. The second-order valence-electron chi connectivity index (χ2n) is 8.19. The van der Waals surface area contributed by atoms with E-state index in [0.717, 1.165) is 5.69 Å². The Hall–Kier alpha value is -2.69. The van der Waals surface area contributed by atoms with Gasteiger partial charge in [-0.05, 0) is 57.3 Å². The molecule has 1 aliphatic heterocycles. The minimum Gasteiger partial charge on any atom is -0.326 e. The van der Waals surface area contributed by atoms with Crippen LogP contribution in [0.25, 0.3) is 5.57 Å². The smallest absolute Gasteiger partial charge is 0.221 e. The first-order valence-corrected chi connectivity index (χ1v) is 12.7. The summed E-state index contributed by atoms with van der Waals surface area (Å²) in [5.74, 6) is -0.0487. The standard InChI is InChI=1S/C24H26N2OSi/c1-15-7-5-6-8-19(15)24-20-11-9-17(25)13-22(20)28(3,4)23-14-18(26-16(2)27)10-12-21(23)24/h5-14,17H,25H2,1-4H3,(H,26,27). The zero-order valence-corrected chi connectivity index (χ0v) is 17.8. The Kier molecular flexibility index (Phi) is 4.48. The Morgan fingerprint density at radius 2 is 1.86 bits per heavy atom. The third-order valence-corrected chi connectivity index (χ3v) is 9.32. The predicted octanol–water partition coefficient (Wildman–Crippen LogP) is 4.05. The molecule has 28 heavy (non-hydrogen) atoms. The number of hydrogen-bond acceptors (Lipinski definition) is 2. The molecule has 2 aromatic rings. The summed E-state index contributed by atoms with van der Waals surface area (Å²) in [5.41, 5.74) is 13.5. The summed E-state index contributed by atoms with van der Waals surface area (Å²) in [6, 6.07) is 14.8. The molecule has 0 radical (unpaired) electrons. The maximum Gasteiger partial charge on any atom is 0.221 e. The minimum atomic E-state index is -1.97. The van der Waals surface area contributed by atoms with Crippen molar-refractivity contribution in [2.45, 2.75) is 33.0 Å². The number of carbonyl (C=O) groups is 1. The van der Waals surface area contributed by atoms with Gasteiger partial charge in [0.15, 0.2) is 0 Å². The normalized spacial score (nSPS) is 19.6. The zero-order chi connectivity index (χ0) is 20.1. The molecular weight excluding hydrogens is 360 g/mol. The van der Waals surface area contributed by atoms with Crippen molar-refractivity contribution in [3.05, 3.63) is 88.2 Å². The molecule has 3 nitrogen and oxygen atoms in total. The van der Waals surface area contributed by atoms with E-state index in [1.165, 1.54) is 38.2 Å². The van der Waals surface area contributed by atoms with Crippen LogP contribution in [0.2, 0.25) is 13.1 Å². The lowest BCUT2D eigenvalue weighted by molar-refractivity contribution is -0.114. The lowest BCUT2D eigenvalue weighted by Gasteiger charge is -2.39. The second kappa shape index (κ2) is 6.73. The molecule has 0 saturated heterocycles. The van der Waals surface area contributed by atoms with Crippen LogP contribution >= 0.6 is 0 Å². The molecule has 2 aromatic carbocycles. The van der Waals surface area contributed by atoms with Gasteiger partial charge in [0.05, 0.1) is 0 Å². The Morgan fingerprint density at radius 1 is 1.11 bits per heavy atom. The van der Waals surface area contributed by atoms with Gasteiger partial charge in [0, 0.05) is 18.7 Å². The van der Waals surface area contributed by atoms with E-state index in [-0.39, 0.29) is 11.9 Å². The fourth-order valence-corrected chi connectivity index (χ4v) is 7.57. The number of allylic oxidation sites excluding steroid dienone is 3. The largest absolute Gasteiger partial charge is 0.326 e. The first-order chi connectivity index (χ1) is 13.3. The van der Waals surface area contributed by atoms with Crippen LogP contribution in [0, 0.1) is 6.92 Å². The quantitative estimate of drug-likeness (QED) is 0.765. The summed E-state index contributed by atoms with van der Waals surface area (Å²) >= 11 is 0. The Morgan fingerprint density at radius 3 is 2.57 bits per heavy atom. The van der Waals surface area contributed by atoms with Crippen LogP contribution in [-0.2, 0) is 4.79 Å². The van der Waals surface area contributed by atoms with E-state index in [2.05, 4.69) is 80.0 Å². The van der Waals surface area contributed by atoms with E-state index in [0.29, 0.717) is 0 Å². The highest BCUT2D eigenvalue weighted by Crippen LogP contribution is 2.42. The lowest BCUT2D eigenvalue weighted by atomic mass is 9.87. The monoisotopic (exact) mass is 386 g/mol. The van der Waals surface area contributed by atoms with Crippen molar-refractivity contribution in [1.29, 1.82) is 0 Å². The van der Waals surface area contributed by atoms with Gasteiger partial charge in [-0.3, -0.25) is 4.79 Å². The van der Waals surface area contributed by atoms with Crippen molar-refractivity contribution in [1.82, 2.24) is 0 Å². The van der Waals surface area contributed by atoms with Gasteiger partial charge in [-0.2, -0.15) is 0 Å². The zero-order valence-electron chi connectivity index (χ0n) is 16.8. The number of benzene rings is 2. The van der Waals surface area contributed by atoms with Gasteiger partial charge in [-0.1, -0.05) is 61.7 Å². The number of nitrogens with two attached hydrogens (primary N) is 1. The number of hydrogen-bond donors (Lipinski definition) is 2. The molecule has 1 amide bonds. The lowest BCUT2D eigenvalue weighted by Crippen LogP contribution is -2.50. The highest BCUT2D eigenvalue weighted by atomic mass is 28.3. The summed E-state index contributed by atoms with van der Waals surface area (Å²) in [6.07, 6.45) is 6.52. The molecule has 1 atom stereocenters. The number of carbonyl (C=O) groups excluding carboxylic acids is 1. The van der Waals surface area contributed by atoms with Crippen LogP contribution in [0.5, 0.6) is 0 Å². The predicted molar refractivity (Wildman–Crippen MR) is 120 cm³/mol. The molecule has 142 valence electrons. The van der Waals surface area contributed by atoms with E-state index in [1.54, 1.807) is 6.92 Å². The molecule has 1 unspecified atom stereocenters. The van der Waals surface area contributed by atoms with E-state index >= 15 is 0 Å². The molecule has 0 fully saturated rings. The van der Waals surface area contributed by atoms with Crippen molar-refractivity contribution in [3.8, 4) is 0 Å². The van der Waals surface area contributed by atoms with Crippen molar-refractivity contribution in [3.63, 3.8) is 0 Å². The number of aryl methyl sites for hydroxylation is 1. The van der Waals surface area contributed by atoms with Crippen LogP contribution in [-0.4, -0.2) is 20.0 Å². The van der Waals surface area contributed by atoms with Crippen LogP contribution < -0.4 is 16.2 Å². The van der Waals surface area contributed by atoms with Crippen molar-refractivity contribution in [2.75, 3.05) is 5.32 Å². The van der Waals surface area contributed by atoms with Crippen LogP contribution in [0.3, 0.4) is 0 Å². The highest BCUT2D eigenvalue weighted by Gasteiger charge is 2.39. The van der Waals surface area contributed by atoms with Crippen LogP contribution in [0.4, 0.5) is 5.69 Å². The molecule has 2 aliphatic rings. The molecule has 4 rings (SSSR count). The van der Waals surface area contributed by atoms with Gasteiger partial charge in [-0.15, -0.1) is 0 Å².